The van der Waals surface area contributed by atoms with E-state index in [1.165, 1.54) is 6.07 Å². The number of nitrogens with one attached hydrogen (secondary N) is 1. The van der Waals surface area contributed by atoms with Gasteiger partial charge in [-0.3, -0.25) is 4.79 Å². The highest BCUT2D eigenvalue weighted by Crippen LogP contribution is 2.38. The number of anilines is 1. The number of amides is 1. The molecule has 0 radical (unpaired) electrons. The number of aromatic nitrogens is 2. The monoisotopic (exact) mass is 329 g/mol. The van der Waals surface area contributed by atoms with E-state index in [2.05, 4.69) is 15.5 Å². The van der Waals surface area contributed by atoms with Gasteiger partial charge in [-0.05, 0) is 38.3 Å². The van der Waals surface area contributed by atoms with Crippen molar-refractivity contribution in [1.29, 1.82) is 0 Å². The fourth-order valence-electron chi connectivity index (χ4n) is 2.43. The van der Waals surface area contributed by atoms with Crippen LogP contribution in [0.3, 0.4) is 0 Å². The zero-order valence-electron chi connectivity index (χ0n) is 13.4. The number of carbonyl (C=O) groups is 2. The molecule has 0 unspecified atom stereocenters. The van der Waals surface area contributed by atoms with Crippen molar-refractivity contribution < 1.29 is 19.2 Å². The summed E-state index contributed by atoms with van der Waals surface area (Å²) in [6, 6.07) is 4.91. The quantitative estimate of drug-likeness (QED) is 0.809. The summed E-state index contributed by atoms with van der Waals surface area (Å²) < 4.78 is 5.16. The second-order valence-electron chi connectivity index (χ2n) is 6.08. The molecule has 1 fully saturated rings. The summed E-state index contributed by atoms with van der Waals surface area (Å²) in [4.78, 5) is 27.6. The molecule has 2 aromatic rings. The third kappa shape index (κ3) is 3.98. The number of aryl methyl sites for hydroxylation is 2. The van der Waals surface area contributed by atoms with Crippen molar-refractivity contribution in [2.24, 2.45) is 0 Å². The molecule has 1 aromatic carbocycles. The highest BCUT2D eigenvalue weighted by molar-refractivity contribution is 6.00. The van der Waals surface area contributed by atoms with E-state index in [9.17, 15) is 14.7 Å². The average Bonchev–Trinajstić information content (AvgIpc) is 3.28. The number of carboxylic acid groups (broad SMARTS) is 1. The molecule has 0 bridgehead atoms. The van der Waals surface area contributed by atoms with Crippen molar-refractivity contribution in [2.75, 3.05) is 5.32 Å². The number of nitrogens with zero attached hydrogens (tertiary/aromatic N) is 2. The van der Waals surface area contributed by atoms with E-state index < -0.39 is 5.97 Å². The van der Waals surface area contributed by atoms with Gasteiger partial charge in [-0.25, -0.2) is 4.79 Å². The molecule has 1 amide bonds. The fraction of sp³-hybridized carbons (Fsp3) is 0.412. The largest absolute Gasteiger partial charge is 0.478 e. The minimum Gasteiger partial charge on any atom is -0.478 e. The Labute approximate surface area is 139 Å². The zero-order valence-corrected chi connectivity index (χ0v) is 13.4. The third-order valence-electron chi connectivity index (χ3n) is 3.90. The lowest BCUT2D eigenvalue weighted by Gasteiger charge is -2.09. The van der Waals surface area contributed by atoms with Crippen LogP contribution in [0.1, 0.15) is 59.2 Å². The minimum absolute atomic E-state index is 0.0920. The van der Waals surface area contributed by atoms with Crippen molar-refractivity contribution in [3.63, 3.8) is 0 Å². The van der Waals surface area contributed by atoms with Gasteiger partial charge in [0, 0.05) is 18.8 Å². The SMILES string of the molecule is Cc1ccc(NC(=O)CCCc2nc(C3CC3)no2)c(C(=O)O)c1. The van der Waals surface area contributed by atoms with Crippen molar-refractivity contribution in [3.05, 3.63) is 41.0 Å². The van der Waals surface area contributed by atoms with Crippen LogP contribution in [0.15, 0.2) is 22.7 Å². The van der Waals surface area contributed by atoms with Crippen molar-refractivity contribution in [3.8, 4) is 0 Å². The van der Waals surface area contributed by atoms with Crippen molar-refractivity contribution in [1.82, 2.24) is 10.1 Å². The maximum Gasteiger partial charge on any atom is 0.337 e. The van der Waals surface area contributed by atoms with Gasteiger partial charge in [-0.2, -0.15) is 4.98 Å². The molecular formula is C17H19N3O4. The van der Waals surface area contributed by atoms with E-state index in [0.29, 0.717) is 30.3 Å². The number of aromatic carboxylic acids is 1. The van der Waals surface area contributed by atoms with Crippen LogP contribution in [0.2, 0.25) is 0 Å². The maximum atomic E-state index is 12.0. The Balaban J connectivity index is 1.51. The molecule has 1 aliphatic carbocycles. The molecule has 1 aliphatic rings. The second kappa shape index (κ2) is 6.82. The van der Waals surface area contributed by atoms with Crippen LogP contribution in [0, 0.1) is 6.92 Å². The first-order valence-corrected chi connectivity index (χ1v) is 7.99. The predicted molar refractivity (Wildman–Crippen MR) is 86.0 cm³/mol. The van der Waals surface area contributed by atoms with Gasteiger partial charge >= 0.3 is 5.97 Å². The Hall–Kier alpha value is -2.70. The van der Waals surface area contributed by atoms with Gasteiger partial charge in [-0.15, -0.1) is 0 Å². The van der Waals surface area contributed by atoms with Crippen LogP contribution < -0.4 is 5.32 Å². The van der Waals surface area contributed by atoms with E-state index in [1.807, 2.05) is 0 Å². The van der Waals surface area contributed by atoms with Gasteiger partial charge in [-0.1, -0.05) is 16.8 Å². The van der Waals surface area contributed by atoms with Crippen LogP contribution >= 0.6 is 0 Å². The number of rotatable bonds is 7. The molecule has 0 aliphatic heterocycles. The van der Waals surface area contributed by atoms with E-state index in [0.717, 1.165) is 24.2 Å². The summed E-state index contributed by atoms with van der Waals surface area (Å²) in [7, 11) is 0. The Bertz CT molecular complexity index is 765. The summed E-state index contributed by atoms with van der Waals surface area (Å²) >= 11 is 0. The van der Waals surface area contributed by atoms with Gasteiger partial charge in [0.05, 0.1) is 11.3 Å². The smallest absolute Gasteiger partial charge is 0.337 e. The lowest BCUT2D eigenvalue weighted by Crippen LogP contribution is -2.14. The fourth-order valence-corrected chi connectivity index (χ4v) is 2.43. The Kier molecular flexibility index (Phi) is 4.59. The molecule has 0 saturated heterocycles. The molecule has 3 rings (SSSR count). The predicted octanol–water partition coefficient (Wildman–Crippen LogP) is 2.92. The first-order chi connectivity index (χ1) is 11.5. The molecule has 1 aromatic heterocycles. The van der Waals surface area contributed by atoms with Crippen LogP contribution in [0.25, 0.3) is 0 Å². The van der Waals surface area contributed by atoms with Crippen LogP contribution in [0.5, 0.6) is 0 Å². The zero-order chi connectivity index (χ0) is 17.1. The number of carboxylic acids is 1. The number of benzene rings is 1. The molecule has 1 heterocycles. The Morgan fingerprint density at radius 2 is 2.17 bits per heavy atom. The maximum absolute atomic E-state index is 12.0. The van der Waals surface area contributed by atoms with Crippen molar-refractivity contribution in [2.45, 2.75) is 44.9 Å². The molecule has 2 N–H and O–H groups in total. The summed E-state index contributed by atoms with van der Waals surface area (Å²) in [6.07, 6.45) is 3.58. The van der Waals surface area contributed by atoms with E-state index >= 15 is 0 Å². The van der Waals surface area contributed by atoms with Crippen LogP contribution in [-0.4, -0.2) is 27.1 Å². The lowest BCUT2D eigenvalue weighted by molar-refractivity contribution is -0.116. The molecule has 0 spiro atoms. The van der Waals surface area contributed by atoms with Gasteiger partial charge in [0.2, 0.25) is 11.8 Å². The third-order valence-corrected chi connectivity index (χ3v) is 3.90. The lowest BCUT2D eigenvalue weighted by atomic mass is 10.1. The number of hydrogen-bond acceptors (Lipinski definition) is 5. The molecule has 0 atom stereocenters. The highest BCUT2D eigenvalue weighted by atomic mass is 16.5. The Morgan fingerprint density at radius 3 is 2.88 bits per heavy atom. The normalized spacial score (nSPS) is 13.7. The van der Waals surface area contributed by atoms with E-state index in [4.69, 9.17) is 4.52 Å². The van der Waals surface area contributed by atoms with E-state index in [-0.39, 0.29) is 17.9 Å². The number of hydrogen-bond donors (Lipinski definition) is 2. The van der Waals surface area contributed by atoms with E-state index in [1.54, 1.807) is 19.1 Å². The molecular weight excluding hydrogens is 310 g/mol. The molecule has 126 valence electrons. The summed E-state index contributed by atoms with van der Waals surface area (Å²) in [5.74, 6) is 0.462. The summed E-state index contributed by atoms with van der Waals surface area (Å²) in [5, 5.41) is 15.8. The van der Waals surface area contributed by atoms with Gasteiger partial charge < -0.3 is 14.9 Å². The topological polar surface area (TPSA) is 105 Å². The Morgan fingerprint density at radius 1 is 1.38 bits per heavy atom. The number of carbonyl (C=O) groups excluding carboxylic acids is 1. The second-order valence-corrected chi connectivity index (χ2v) is 6.08. The first-order valence-electron chi connectivity index (χ1n) is 7.99. The summed E-state index contributed by atoms with van der Waals surface area (Å²) in [5.41, 5.74) is 1.23. The van der Waals surface area contributed by atoms with Gasteiger partial charge in [0.1, 0.15) is 0 Å². The average molecular weight is 329 g/mol. The van der Waals surface area contributed by atoms with Gasteiger partial charge in [0.25, 0.3) is 0 Å². The molecule has 7 nitrogen and oxygen atoms in total. The van der Waals surface area contributed by atoms with Crippen LogP contribution in [-0.2, 0) is 11.2 Å². The molecule has 1 saturated carbocycles. The van der Waals surface area contributed by atoms with Crippen LogP contribution in [0.4, 0.5) is 5.69 Å². The standard InChI is InChI=1S/C17H19N3O4/c1-10-5-8-13(12(9-10)17(22)23)18-14(21)3-2-4-15-19-16(20-24-15)11-6-7-11/h5,8-9,11H,2-4,6-7H2,1H3,(H,18,21)(H,22,23). The first kappa shape index (κ1) is 16.2. The summed E-state index contributed by atoms with van der Waals surface area (Å²) in [6.45, 7) is 1.80. The van der Waals surface area contributed by atoms with Crippen molar-refractivity contribution >= 4 is 17.6 Å². The molecule has 7 heteroatoms. The highest BCUT2D eigenvalue weighted by Gasteiger charge is 2.28. The minimum atomic E-state index is -1.06. The van der Waals surface area contributed by atoms with Gasteiger partial charge in [0.15, 0.2) is 5.82 Å². The molecule has 24 heavy (non-hydrogen) atoms.